The quantitative estimate of drug-likeness (QED) is 0.629. The summed E-state index contributed by atoms with van der Waals surface area (Å²) in [6, 6.07) is 13.4. The molecule has 0 saturated heterocycles. The average Bonchev–Trinajstić information content (AvgIpc) is 3.09. The molecule has 1 aromatic heterocycles. The molecule has 2 aromatic rings. The van der Waals surface area contributed by atoms with Gasteiger partial charge in [-0.2, -0.15) is 0 Å². The Morgan fingerprint density at radius 1 is 1.24 bits per heavy atom. The molecule has 0 saturated carbocycles. The lowest BCUT2D eigenvalue weighted by molar-refractivity contribution is -0.145. The van der Waals surface area contributed by atoms with Crippen LogP contribution in [0.3, 0.4) is 0 Å². The van der Waals surface area contributed by atoms with Crippen molar-refractivity contribution in [3.63, 3.8) is 0 Å². The summed E-state index contributed by atoms with van der Waals surface area (Å²) in [6.07, 6.45) is 0.865. The molecule has 0 spiro atoms. The first-order valence-electron chi connectivity index (χ1n) is 8.37. The van der Waals surface area contributed by atoms with Crippen LogP contribution < -0.4 is 0 Å². The predicted octanol–water partition coefficient (Wildman–Crippen LogP) is 2.22. The predicted molar refractivity (Wildman–Crippen MR) is 92.7 cm³/mol. The summed E-state index contributed by atoms with van der Waals surface area (Å²) in [5.74, 6) is 0.405. The van der Waals surface area contributed by atoms with Crippen LogP contribution in [0.2, 0.25) is 0 Å². The minimum absolute atomic E-state index is 0.123. The number of furan rings is 1. The Bertz CT molecular complexity index is 600. The molecule has 1 heterocycles. The Kier molecular flexibility index (Phi) is 8.18. The number of benzene rings is 1. The summed E-state index contributed by atoms with van der Waals surface area (Å²) in [5, 5.41) is 10.2. The first-order chi connectivity index (χ1) is 12.2. The molecule has 25 heavy (non-hydrogen) atoms. The summed E-state index contributed by atoms with van der Waals surface area (Å²) in [5.41, 5.74) is 1.07. The van der Waals surface area contributed by atoms with E-state index in [1.165, 1.54) is 0 Å². The summed E-state index contributed by atoms with van der Waals surface area (Å²) in [4.78, 5) is 13.7. The maximum absolute atomic E-state index is 11.8. The number of rotatable bonds is 11. The van der Waals surface area contributed by atoms with Gasteiger partial charge in [0.15, 0.2) is 0 Å². The molecule has 136 valence electrons. The third-order valence-corrected chi connectivity index (χ3v) is 3.51. The molecule has 0 fully saturated rings. The van der Waals surface area contributed by atoms with E-state index >= 15 is 0 Å². The van der Waals surface area contributed by atoms with E-state index in [1.54, 1.807) is 19.3 Å². The second-order valence-corrected chi connectivity index (χ2v) is 5.71. The van der Waals surface area contributed by atoms with E-state index in [9.17, 15) is 9.90 Å². The van der Waals surface area contributed by atoms with Crippen molar-refractivity contribution in [2.75, 3.05) is 26.3 Å². The topological polar surface area (TPSA) is 72.1 Å². The fraction of sp³-hybridized carbons (Fsp3) is 0.421. The fourth-order valence-electron chi connectivity index (χ4n) is 2.46. The lowest BCUT2D eigenvalue weighted by atomic mass is 10.2. The number of carbonyl (C=O) groups is 1. The standard InChI is InChI=1S/C19H25NO5/c1-2-24-19(22)13-20(11-16-7-4-3-5-8-16)12-17(21)14-23-15-18-9-6-10-25-18/h3-10,17,21H,2,11-15H2,1H3. The summed E-state index contributed by atoms with van der Waals surface area (Å²) in [6.45, 7) is 3.57. The molecule has 6 heteroatoms. The molecule has 1 N–H and O–H groups in total. The fourth-order valence-corrected chi connectivity index (χ4v) is 2.46. The molecule has 0 aliphatic rings. The van der Waals surface area contributed by atoms with Crippen LogP contribution in [0.15, 0.2) is 53.1 Å². The smallest absolute Gasteiger partial charge is 0.320 e. The van der Waals surface area contributed by atoms with Gasteiger partial charge < -0.3 is 19.0 Å². The Morgan fingerprint density at radius 2 is 2.04 bits per heavy atom. The average molecular weight is 347 g/mol. The van der Waals surface area contributed by atoms with E-state index in [1.807, 2.05) is 41.3 Å². The maximum Gasteiger partial charge on any atom is 0.320 e. The number of nitrogens with zero attached hydrogens (tertiary/aromatic N) is 1. The second-order valence-electron chi connectivity index (χ2n) is 5.71. The SMILES string of the molecule is CCOC(=O)CN(Cc1ccccc1)CC(O)COCc1ccco1. The molecule has 0 aliphatic carbocycles. The highest BCUT2D eigenvalue weighted by Gasteiger charge is 2.16. The minimum Gasteiger partial charge on any atom is -0.467 e. The van der Waals surface area contributed by atoms with E-state index in [0.717, 1.165) is 5.56 Å². The van der Waals surface area contributed by atoms with Crippen molar-refractivity contribution in [1.82, 2.24) is 4.90 Å². The zero-order valence-corrected chi connectivity index (χ0v) is 14.5. The number of hydrogen-bond donors (Lipinski definition) is 1. The highest BCUT2D eigenvalue weighted by molar-refractivity contribution is 5.71. The summed E-state index contributed by atoms with van der Waals surface area (Å²) < 4.78 is 15.6. The summed E-state index contributed by atoms with van der Waals surface area (Å²) >= 11 is 0. The van der Waals surface area contributed by atoms with Crippen molar-refractivity contribution in [2.45, 2.75) is 26.2 Å². The van der Waals surface area contributed by atoms with Crippen LogP contribution in [0.4, 0.5) is 0 Å². The molecule has 0 amide bonds. The van der Waals surface area contributed by atoms with E-state index in [0.29, 0.717) is 32.1 Å². The number of aliphatic hydroxyl groups excluding tert-OH is 1. The van der Waals surface area contributed by atoms with Crippen LogP contribution in [0.1, 0.15) is 18.2 Å². The maximum atomic E-state index is 11.8. The van der Waals surface area contributed by atoms with E-state index < -0.39 is 6.10 Å². The van der Waals surface area contributed by atoms with Gasteiger partial charge >= 0.3 is 5.97 Å². The van der Waals surface area contributed by atoms with Crippen LogP contribution in [0.5, 0.6) is 0 Å². The molecule has 1 atom stereocenters. The van der Waals surface area contributed by atoms with Crippen LogP contribution in [0.25, 0.3) is 0 Å². The van der Waals surface area contributed by atoms with Crippen LogP contribution >= 0.6 is 0 Å². The third kappa shape index (κ3) is 7.51. The first kappa shape index (κ1) is 19.2. The molecule has 6 nitrogen and oxygen atoms in total. The Morgan fingerprint density at radius 3 is 2.72 bits per heavy atom. The zero-order valence-electron chi connectivity index (χ0n) is 14.5. The Labute approximate surface area is 148 Å². The van der Waals surface area contributed by atoms with Gasteiger partial charge in [-0.3, -0.25) is 9.69 Å². The summed E-state index contributed by atoms with van der Waals surface area (Å²) in [7, 11) is 0. The van der Waals surface area contributed by atoms with Crippen molar-refractivity contribution in [3.05, 3.63) is 60.1 Å². The highest BCUT2D eigenvalue weighted by Crippen LogP contribution is 2.07. The highest BCUT2D eigenvalue weighted by atomic mass is 16.5. The van der Waals surface area contributed by atoms with E-state index in [4.69, 9.17) is 13.9 Å². The number of aliphatic hydroxyl groups is 1. The lowest BCUT2D eigenvalue weighted by Gasteiger charge is -2.24. The van der Waals surface area contributed by atoms with Gasteiger partial charge in [-0.15, -0.1) is 0 Å². The van der Waals surface area contributed by atoms with Crippen molar-refractivity contribution < 1.29 is 23.8 Å². The second kappa shape index (κ2) is 10.7. The Balaban J connectivity index is 1.83. The van der Waals surface area contributed by atoms with Gasteiger partial charge in [-0.25, -0.2) is 0 Å². The molecular weight excluding hydrogens is 322 g/mol. The van der Waals surface area contributed by atoms with Crippen molar-refractivity contribution in [3.8, 4) is 0 Å². The van der Waals surface area contributed by atoms with Crippen molar-refractivity contribution in [2.24, 2.45) is 0 Å². The lowest BCUT2D eigenvalue weighted by Crippen LogP contribution is -2.38. The molecule has 2 rings (SSSR count). The van der Waals surface area contributed by atoms with Crippen LogP contribution in [0, 0.1) is 0 Å². The van der Waals surface area contributed by atoms with Gasteiger partial charge in [0.2, 0.25) is 0 Å². The van der Waals surface area contributed by atoms with E-state index in [-0.39, 0.29) is 19.1 Å². The largest absolute Gasteiger partial charge is 0.467 e. The molecule has 1 unspecified atom stereocenters. The van der Waals surface area contributed by atoms with Crippen molar-refractivity contribution >= 4 is 5.97 Å². The number of esters is 1. The Hall–Kier alpha value is -2.15. The van der Waals surface area contributed by atoms with Gasteiger partial charge in [-0.1, -0.05) is 30.3 Å². The van der Waals surface area contributed by atoms with Gasteiger partial charge in [0.05, 0.1) is 32.1 Å². The number of carbonyl (C=O) groups excluding carboxylic acids is 1. The zero-order chi connectivity index (χ0) is 17.9. The van der Waals surface area contributed by atoms with Crippen LogP contribution in [-0.2, 0) is 27.4 Å². The molecule has 0 aliphatic heterocycles. The van der Waals surface area contributed by atoms with Gasteiger partial charge in [-0.05, 0) is 24.6 Å². The van der Waals surface area contributed by atoms with Crippen LogP contribution in [-0.4, -0.2) is 48.4 Å². The van der Waals surface area contributed by atoms with Crippen molar-refractivity contribution in [1.29, 1.82) is 0 Å². The first-order valence-corrected chi connectivity index (χ1v) is 8.37. The van der Waals surface area contributed by atoms with E-state index in [2.05, 4.69) is 0 Å². The molecule has 0 radical (unpaired) electrons. The monoisotopic (exact) mass is 347 g/mol. The third-order valence-electron chi connectivity index (χ3n) is 3.51. The normalized spacial score (nSPS) is 12.3. The minimum atomic E-state index is -0.715. The van der Waals surface area contributed by atoms with Gasteiger partial charge in [0, 0.05) is 13.1 Å². The molecule has 1 aromatic carbocycles. The van der Waals surface area contributed by atoms with Gasteiger partial charge in [0.25, 0.3) is 0 Å². The van der Waals surface area contributed by atoms with Gasteiger partial charge in [0.1, 0.15) is 12.4 Å². The molecular formula is C19H25NO5. The number of ether oxygens (including phenoxy) is 2. The number of hydrogen-bond acceptors (Lipinski definition) is 6. The molecule has 0 bridgehead atoms.